The van der Waals surface area contributed by atoms with Gasteiger partial charge in [-0.15, -0.1) is 11.8 Å². The Kier molecular flexibility index (Phi) is 6.97. The Bertz CT molecular complexity index is 346. The fraction of sp³-hybridized carbons (Fsp3) is 0.538. The molecule has 0 aromatic heterocycles. The fourth-order valence-corrected chi connectivity index (χ4v) is 2.70. The van der Waals surface area contributed by atoms with Crippen LogP contribution in [0.25, 0.3) is 0 Å². The van der Waals surface area contributed by atoms with Gasteiger partial charge in [-0.2, -0.15) is 0 Å². The summed E-state index contributed by atoms with van der Waals surface area (Å²) >= 11 is 7.78. The molecule has 0 saturated heterocycles. The molecule has 17 heavy (non-hydrogen) atoms. The molecular formula is C13H20ClNOS. The lowest BCUT2D eigenvalue weighted by Gasteiger charge is -2.12. The van der Waals surface area contributed by atoms with Crippen molar-refractivity contribution >= 4 is 23.4 Å². The van der Waals surface area contributed by atoms with E-state index in [4.69, 9.17) is 16.7 Å². The van der Waals surface area contributed by atoms with Crippen molar-refractivity contribution in [1.29, 1.82) is 0 Å². The van der Waals surface area contributed by atoms with Crippen molar-refractivity contribution in [3.05, 3.63) is 28.8 Å². The van der Waals surface area contributed by atoms with Crippen LogP contribution in [0.1, 0.15) is 19.4 Å². The van der Waals surface area contributed by atoms with Crippen molar-refractivity contribution in [1.82, 2.24) is 5.32 Å². The second kappa shape index (κ2) is 7.98. The molecule has 1 rings (SSSR count). The molecule has 0 bridgehead atoms. The van der Waals surface area contributed by atoms with Crippen LogP contribution in [-0.2, 0) is 6.54 Å². The SMILES string of the molecule is CCNCc1ccc(Cl)cc1SCC(C)CO. The smallest absolute Gasteiger partial charge is 0.0464 e. The van der Waals surface area contributed by atoms with Gasteiger partial charge in [0.2, 0.25) is 0 Å². The lowest BCUT2D eigenvalue weighted by atomic mass is 10.2. The number of halogens is 1. The van der Waals surface area contributed by atoms with E-state index >= 15 is 0 Å². The third-order valence-electron chi connectivity index (χ3n) is 2.43. The van der Waals surface area contributed by atoms with Crippen molar-refractivity contribution < 1.29 is 5.11 Å². The monoisotopic (exact) mass is 273 g/mol. The van der Waals surface area contributed by atoms with Crippen LogP contribution in [0.5, 0.6) is 0 Å². The predicted molar refractivity (Wildman–Crippen MR) is 75.8 cm³/mol. The summed E-state index contributed by atoms with van der Waals surface area (Å²) < 4.78 is 0. The van der Waals surface area contributed by atoms with Crippen LogP contribution in [0.15, 0.2) is 23.1 Å². The zero-order valence-electron chi connectivity index (χ0n) is 10.4. The maximum Gasteiger partial charge on any atom is 0.0464 e. The Morgan fingerprint density at radius 3 is 2.88 bits per heavy atom. The van der Waals surface area contributed by atoms with Gasteiger partial charge < -0.3 is 10.4 Å². The first-order chi connectivity index (χ1) is 8.17. The summed E-state index contributed by atoms with van der Waals surface area (Å²) in [6, 6.07) is 5.99. The number of hydrogen-bond donors (Lipinski definition) is 2. The van der Waals surface area contributed by atoms with Gasteiger partial charge in [0.15, 0.2) is 0 Å². The van der Waals surface area contributed by atoms with Gasteiger partial charge in [-0.3, -0.25) is 0 Å². The van der Waals surface area contributed by atoms with Gasteiger partial charge in [0.1, 0.15) is 0 Å². The van der Waals surface area contributed by atoms with Crippen LogP contribution < -0.4 is 5.32 Å². The standard InChI is InChI=1S/C13H20ClNOS/c1-3-15-7-11-4-5-12(14)6-13(11)17-9-10(2)8-16/h4-6,10,15-16H,3,7-9H2,1-2H3. The van der Waals surface area contributed by atoms with Gasteiger partial charge in [-0.05, 0) is 30.2 Å². The Morgan fingerprint density at radius 2 is 2.24 bits per heavy atom. The molecule has 0 amide bonds. The van der Waals surface area contributed by atoms with Crippen LogP contribution in [0.2, 0.25) is 5.02 Å². The van der Waals surface area contributed by atoms with Gasteiger partial charge in [0.05, 0.1) is 0 Å². The molecule has 0 aliphatic carbocycles. The molecule has 0 radical (unpaired) electrons. The molecule has 0 spiro atoms. The Morgan fingerprint density at radius 1 is 1.47 bits per heavy atom. The van der Waals surface area contributed by atoms with Crippen LogP contribution in [0.4, 0.5) is 0 Å². The highest BCUT2D eigenvalue weighted by Crippen LogP contribution is 2.27. The number of rotatable bonds is 7. The zero-order chi connectivity index (χ0) is 12.7. The first-order valence-electron chi connectivity index (χ1n) is 5.90. The second-order valence-corrected chi connectivity index (χ2v) is 5.63. The highest BCUT2D eigenvalue weighted by molar-refractivity contribution is 7.99. The average molecular weight is 274 g/mol. The number of nitrogens with one attached hydrogen (secondary N) is 1. The summed E-state index contributed by atoms with van der Waals surface area (Å²) in [5.74, 6) is 1.22. The molecule has 0 heterocycles. The first kappa shape index (κ1) is 14.8. The molecule has 0 fully saturated rings. The minimum atomic E-state index is 0.232. The van der Waals surface area contributed by atoms with E-state index in [9.17, 15) is 0 Å². The molecular weight excluding hydrogens is 254 g/mol. The normalized spacial score (nSPS) is 12.7. The first-order valence-corrected chi connectivity index (χ1v) is 7.26. The quantitative estimate of drug-likeness (QED) is 0.749. The summed E-state index contributed by atoms with van der Waals surface area (Å²) in [7, 11) is 0. The molecule has 2 nitrogen and oxygen atoms in total. The van der Waals surface area contributed by atoms with Crippen molar-refractivity contribution in [2.75, 3.05) is 18.9 Å². The van der Waals surface area contributed by atoms with Crippen molar-refractivity contribution in [3.8, 4) is 0 Å². The van der Waals surface area contributed by atoms with E-state index in [0.717, 1.165) is 23.9 Å². The summed E-state index contributed by atoms with van der Waals surface area (Å²) in [6.07, 6.45) is 0. The maximum absolute atomic E-state index is 9.03. The van der Waals surface area contributed by atoms with Gasteiger partial charge in [0.25, 0.3) is 0 Å². The van der Waals surface area contributed by atoms with Gasteiger partial charge in [0, 0.05) is 28.8 Å². The minimum absolute atomic E-state index is 0.232. The predicted octanol–water partition coefficient (Wildman–Crippen LogP) is 3.17. The van der Waals surface area contributed by atoms with E-state index in [1.165, 1.54) is 10.5 Å². The van der Waals surface area contributed by atoms with Crippen molar-refractivity contribution in [2.45, 2.75) is 25.3 Å². The maximum atomic E-state index is 9.03. The Balaban J connectivity index is 2.69. The highest BCUT2D eigenvalue weighted by Gasteiger charge is 2.06. The molecule has 0 aliphatic heterocycles. The average Bonchev–Trinajstić information content (AvgIpc) is 2.34. The number of aliphatic hydroxyl groups is 1. The van der Waals surface area contributed by atoms with Crippen LogP contribution in [0.3, 0.4) is 0 Å². The van der Waals surface area contributed by atoms with E-state index in [1.807, 2.05) is 19.1 Å². The van der Waals surface area contributed by atoms with Gasteiger partial charge in [-0.1, -0.05) is 31.5 Å². The number of thioether (sulfide) groups is 1. The van der Waals surface area contributed by atoms with Crippen LogP contribution >= 0.6 is 23.4 Å². The molecule has 1 aromatic rings. The van der Waals surface area contributed by atoms with Gasteiger partial charge >= 0.3 is 0 Å². The summed E-state index contributed by atoms with van der Waals surface area (Å²) in [4.78, 5) is 1.21. The largest absolute Gasteiger partial charge is 0.396 e. The molecule has 0 saturated carbocycles. The number of benzene rings is 1. The summed E-state index contributed by atoms with van der Waals surface area (Å²) in [5.41, 5.74) is 1.27. The van der Waals surface area contributed by atoms with Crippen molar-refractivity contribution in [3.63, 3.8) is 0 Å². The molecule has 0 aliphatic rings. The number of hydrogen-bond acceptors (Lipinski definition) is 3. The summed E-state index contributed by atoms with van der Waals surface area (Å²) in [5, 5.41) is 13.1. The molecule has 2 N–H and O–H groups in total. The molecule has 96 valence electrons. The molecule has 4 heteroatoms. The third-order valence-corrected chi connectivity index (χ3v) is 4.09. The fourth-order valence-electron chi connectivity index (χ4n) is 1.35. The van der Waals surface area contributed by atoms with E-state index < -0.39 is 0 Å². The second-order valence-electron chi connectivity index (χ2n) is 4.13. The Labute approximate surface area is 113 Å². The summed E-state index contributed by atoms with van der Waals surface area (Å²) in [6.45, 7) is 6.19. The van der Waals surface area contributed by atoms with E-state index in [0.29, 0.717) is 5.92 Å². The minimum Gasteiger partial charge on any atom is -0.396 e. The van der Waals surface area contributed by atoms with Gasteiger partial charge in [-0.25, -0.2) is 0 Å². The third kappa shape index (κ3) is 5.30. The van der Waals surface area contributed by atoms with Crippen LogP contribution in [0, 0.1) is 5.92 Å². The van der Waals surface area contributed by atoms with Crippen LogP contribution in [-0.4, -0.2) is 24.0 Å². The Hall–Kier alpha value is -0.220. The molecule has 1 unspecified atom stereocenters. The topological polar surface area (TPSA) is 32.3 Å². The van der Waals surface area contributed by atoms with E-state index in [-0.39, 0.29) is 6.61 Å². The van der Waals surface area contributed by atoms with E-state index in [1.54, 1.807) is 11.8 Å². The molecule has 1 aromatic carbocycles. The number of aliphatic hydroxyl groups excluding tert-OH is 1. The lowest BCUT2D eigenvalue weighted by molar-refractivity contribution is 0.250. The van der Waals surface area contributed by atoms with Crippen molar-refractivity contribution in [2.24, 2.45) is 5.92 Å². The zero-order valence-corrected chi connectivity index (χ0v) is 11.9. The molecule has 1 atom stereocenters. The van der Waals surface area contributed by atoms with E-state index in [2.05, 4.69) is 18.3 Å². The highest BCUT2D eigenvalue weighted by atomic mass is 35.5. The lowest BCUT2D eigenvalue weighted by Crippen LogP contribution is -2.12.